The Morgan fingerprint density at radius 2 is 2.14 bits per heavy atom. The first-order valence-corrected chi connectivity index (χ1v) is 5.53. The summed E-state index contributed by atoms with van der Waals surface area (Å²) < 4.78 is 0. The van der Waals surface area contributed by atoms with Gasteiger partial charge in [0.2, 0.25) is 0 Å². The van der Waals surface area contributed by atoms with Crippen molar-refractivity contribution >= 4 is 0 Å². The molecule has 0 nitrogen and oxygen atoms in total. The Bertz CT molecular complexity index is 324. The summed E-state index contributed by atoms with van der Waals surface area (Å²) in [6.07, 6.45) is 16.3. The van der Waals surface area contributed by atoms with E-state index in [1.807, 2.05) is 0 Å². The molecule has 0 radical (unpaired) electrons. The molecule has 1 unspecified atom stereocenters. The van der Waals surface area contributed by atoms with Crippen LogP contribution in [0.4, 0.5) is 0 Å². The predicted molar refractivity (Wildman–Crippen MR) is 62.0 cm³/mol. The average molecular weight is 186 g/mol. The first kappa shape index (κ1) is 9.51. The van der Waals surface area contributed by atoms with Crippen molar-refractivity contribution < 1.29 is 0 Å². The van der Waals surface area contributed by atoms with Crippen molar-refractivity contribution in [1.29, 1.82) is 0 Å². The van der Waals surface area contributed by atoms with Crippen molar-refractivity contribution in [3.05, 3.63) is 47.6 Å². The van der Waals surface area contributed by atoms with Crippen LogP contribution >= 0.6 is 0 Å². The molecule has 0 heterocycles. The normalized spacial score (nSPS) is 25.5. The molecule has 0 saturated carbocycles. The minimum absolute atomic E-state index is 0.528. The third-order valence-corrected chi connectivity index (χ3v) is 2.89. The topological polar surface area (TPSA) is 0 Å². The molecule has 14 heavy (non-hydrogen) atoms. The monoisotopic (exact) mass is 186 g/mol. The number of fused-ring (bicyclic) bond motifs is 1. The van der Waals surface area contributed by atoms with E-state index in [1.54, 1.807) is 0 Å². The van der Waals surface area contributed by atoms with Gasteiger partial charge in [-0.15, -0.1) is 0 Å². The number of hydrogen-bond donors (Lipinski definition) is 0. The van der Waals surface area contributed by atoms with Crippen molar-refractivity contribution in [2.24, 2.45) is 11.8 Å². The molecule has 0 saturated heterocycles. The van der Waals surface area contributed by atoms with E-state index in [1.165, 1.54) is 24.0 Å². The van der Waals surface area contributed by atoms with E-state index in [2.05, 4.69) is 50.3 Å². The molecule has 0 amide bonds. The average Bonchev–Trinajstić information content (AvgIpc) is 2.49. The van der Waals surface area contributed by atoms with Crippen molar-refractivity contribution in [1.82, 2.24) is 0 Å². The van der Waals surface area contributed by atoms with Gasteiger partial charge < -0.3 is 0 Å². The zero-order chi connectivity index (χ0) is 9.97. The summed E-state index contributed by atoms with van der Waals surface area (Å²) in [6, 6.07) is 0. The smallest absolute Gasteiger partial charge is 0.0136 e. The van der Waals surface area contributed by atoms with Crippen LogP contribution in [0.25, 0.3) is 0 Å². The Labute approximate surface area is 86.7 Å². The minimum atomic E-state index is 0.528. The molecule has 2 aliphatic carbocycles. The Morgan fingerprint density at radius 1 is 1.29 bits per heavy atom. The van der Waals surface area contributed by atoms with Crippen LogP contribution in [0.5, 0.6) is 0 Å². The highest BCUT2D eigenvalue weighted by Crippen LogP contribution is 2.26. The van der Waals surface area contributed by atoms with Gasteiger partial charge in [0.05, 0.1) is 0 Å². The van der Waals surface area contributed by atoms with Gasteiger partial charge in [0.15, 0.2) is 0 Å². The lowest BCUT2D eigenvalue weighted by Gasteiger charge is -2.06. The zero-order valence-corrected chi connectivity index (χ0v) is 9.03. The second kappa shape index (κ2) is 4.00. The lowest BCUT2D eigenvalue weighted by molar-refractivity contribution is 0.788. The van der Waals surface area contributed by atoms with Gasteiger partial charge in [-0.05, 0) is 24.3 Å². The van der Waals surface area contributed by atoms with Crippen LogP contribution in [0.3, 0.4) is 0 Å². The van der Waals surface area contributed by atoms with Crippen LogP contribution < -0.4 is 0 Å². The summed E-state index contributed by atoms with van der Waals surface area (Å²) in [5.41, 5.74) is 2.97. The maximum absolute atomic E-state index is 2.38. The van der Waals surface area contributed by atoms with Gasteiger partial charge in [0.25, 0.3) is 0 Å². The largest absolute Gasteiger partial charge is 0.0873 e. The van der Waals surface area contributed by atoms with Crippen molar-refractivity contribution in [3.63, 3.8) is 0 Å². The van der Waals surface area contributed by atoms with Crippen molar-refractivity contribution in [3.8, 4) is 0 Å². The molecule has 0 heteroatoms. The van der Waals surface area contributed by atoms with E-state index in [4.69, 9.17) is 0 Å². The molecule has 0 fully saturated rings. The molecule has 2 aliphatic rings. The zero-order valence-electron chi connectivity index (χ0n) is 9.03. The van der Waals surface area contributed by atoms with E-state index >= 15 is 0 Å². The van der Waals surface area contributed by atoms with Crippen LogP contribution in [-0.4, -0.2) is 0 Å². The van der Waals surface area contributed by atoms with E-state index in [9.17, 15) is 0 Å². The molecule has 1 atom stereocenters. The lowest BCUT2D eigenvalue weighted by atomic mass is 9.99. The fourth-order valence-corrected chi connectivity index (χ4v) is 1.97. The summed E-state index contributed by atoms with van der Waals surface area (Å²) in [4.78, 5) is 0. The fourth-order valence-electron chi connectivity index (χ4n) is 1.97. The molecule has 2 bridgehead atoms. The standard InChI is InChI=1S/C14H18/c1-11(2)14-8-7-12-5-3-4-6-13(9-12)10-14/h3,5,7-12H,4,6H2,1-2H3. The second-order valence-corrected chi connectivity index (χ2v) is 4.44. The SMILES string of the molecule is CC(C)C1=CC2=CC(C=CCC2)C=C1. The van der Waals surface area contributed by atoms with Gasteiger partial charge in [-0.3, -0.25) is 0 Å². The Hall–Kier alpha value is -1.04. The molecule has 0 N–H and O–H groups in total. The highest BCUT2D eigenvalue weighted by atomic mass is 14.1. The predicted octanol–water partition coefficient (Wildman–Crippen LogP) is 4.03. The Balaban J connectivity index is 2.31. The number of allylic oxidation sites excluding steroid dienone is 8. The molecule has 0 aliphatic heterocycles. The van der Waals surface area contributed by atoms with Crippen LogP contribution in [0, 0.1) is 11.8 Å². The molecule has 0 spiro atoms. The molecule has 74 valence electrons. The molecule has 0 aromatic heterocycles. The molecular formula is C14H18. The third kappa shape index (κ3) is 2.06. The first-order valence-electron chi connectivity index (χ1n) is 5.53. The maximum Gasteiger partial charge on any atom is 0.0136 e. The molecule has 0 aromatic rings. The minimum Gasteiger partial charge on any atom is -0.0873 e. The Morgan fingerprint density at radius 3 is 2.93 bits per heavy atom. The quantitative estimate of drug-likeness (QED) is 0.542. The first-order chi connectivity index (χ1) is 6.75. The maximum atomic E-state index is 2.38. The lowest BCUT2D eigenvalue weighted by Crippen LogP contribution is -1.91. The van der Waals surface area contributed by atoms with E-state index < -0.39 is 0 Å². The van der Waals surface area contributed by atoms with E-state index in [0.29, 0.717) is 11.8 Å². The molecule has 2 rings (SSSR count). The Kier molecular flexibility index (Phi) is 2.72. The third-order valence-electron chi connectivity index (χ3n) is 2.89. The van der Waals surface area contributed by atoms with Crippen LogP contribution in [0.15, 0.2) is 47.6 Å². The van der Waals surface area contributed by atoms with Gasteiger partial charge in [-0.1, -0.05) is 55.9 Å². The van der Waals surface area contributed by atoms with Gasteiger partial charge in [-0.25, -0.2) is 0 Å². The summed E-state index contributed by atoms with van der Waals surface area (Å²) in [5.74, 6) is 1.16. The van der Waals surface area contributed by atoms with Crippen molar-refractivity contribution in [2.45, 2.75) is 26.7 Å². The van der Waals surface area contributed by atoms with Crippen molar-refractivity contribution in [2.75, 3.05) is 0 Å². The van der Waals surface area contributed by atoms with E-state index in [-0.39, 0.29) is 0 Å². The molecule has 0 aromatic carbocycles. The summed E-state index contributed by atoms with van der Waals surface area (Å²) >= 11 is 0. The van der Waals surface area contributed by atoms with Crippen LogP contribution in [0.2, 0.25) is 0 Å². The van der Waals surface area contributed by atoms with Gasteiger partial charge in [0, 0.05) is 5.92 Å². The van der Waals surface area contributed by atoms with Gasteiger partial charge in [0.1, 0.15) is 0 Å². The number of hydrogen-bond acceptors (Lipinski definition) is 0. The van der Waals surface area contributed by atoms with Gasteiger partial charge >= 0.3 is 0 Å². The molecular weight excluding hydrogens is 168 g/mol. The van der Waals surface area contributed by atoms with Crippen LogP contribution in [0.1, 0.15) is 26.7 Å². The summed E-state index contributed by atoms with van der Waals surface area (Å²) in [6.45, 7) is 4.52. The highest BCUT2D eigenvalue weighted by molar-refractivity contribution is 5.38. The highest BCUT2D eigenvalue weighted by Gasteiger charge is 2.09. The summed E-state index contributed by atoms with van der Waals surface area (Å²) in [5, 5.41) is 0. The fraction of sp³-hybridized carbons (Fsp3) is 0.429. The second-order valence-electron chi connectivity index (χ2n) is 4.44. The van der Waals surface area contributed by atoms with Crippen LogP contribution in [-0.2, 0) is 0 Å². The van der Waals surface area contributed by atoms with E-state index in [0.717, 1.165) is 0 Å². The van der Waals surface area contributed by atoms with Gasteiger partial charge in [-0.2, -0.15) is 0 Å². The number of rotatable bonds is 1. The summed E-state index contributed by atoms with van der Waals surface area (Å²) in [7, 11) is 0.